The Morgan fingerprint density at radius 3 is 1.41 bits per heavy atom. The minimum Gasteiger partial charge on any atom is -0.497 e. The molecule has 0 bridgehead atoms. The number of rotatable bonds is 3. The number of aliphatic imine (C=N–C) groups is 2. The van der Waals surface area contributed by atoms with Gasteiger partial charge in [0.1, 0.15) is 28.3 Å². The molecule has 0 radical (unpaired) electrons. The molecule has 9 heteroatoms. The van der Waals surface area contributed by atoms with Gasteiger partial charge in [0, 0.05) is 33.0 Å². The van der Waals surface area contributed by atoms with Gasteiger partial charge in [-0.25, -0.2) is 9.98 Å². The van der Waals surface area contributed by atoms with Crippen molar-refractivity contribution < 1.29 is 33.4 Å². The van der Waals surface area contributed by atoms with E-state index in [2.05, 4.69) is 78.4 Å². The fraction of sp³-hybridized carbons (Fsp3) is 0.289. The fourth-order valence-corrected chi connectivity index (χ4v) is 6.93. The van der Waals surface area contributed by atoms with Gasteiger partial charge in [0.05, 0.1) is 29.6 Å². The van der Waals surface area contributed by atoms with Crippen LogP contribution in [0, 0.1) is 0 Å². The molecule has 2 aliphatic heterocycles. The van der Waals surface area contributed by atoms with Crippen molar-refractivity contribution in [2.24, 2.45) is 9.98 Å². The quantitative estimate of drug-likeness (QED) is 0.185. The van der Waals surface area contributed by atoms with Crippen molar-refractivity contribution in [2.45, 2.75) is 78.6 Å². The van der Waals surface area contributed by atoms with E-state index >= 15 is 0 Å². The van der Waals surface area contributed by atoms with E-state index in [0.29, 0.717) is 55.9 Å². The number of furan rings is 2. The van der Waals surface area contributed by atoms with Crippen molar-refractivity contribution in [2.75, 3.05) is 7.11 Å². The first-order valence-electron chi connectivity index (χ1n) is 17.9. The number of para-hydroxylation sites is 2. The number of fused-ring (bicyclic) bond motifs is 4. The van der Waals surface area contributed by atoms with E-state index in [9.17, 15) is 19.8 Å². The smallest absolute Gasteiger partial charge is 0.292 e. The Kier molecular flexibility index (Phi) is 8.48. The Morgan fingerprint density at radius 1 is 0.574 bits per heavy atom. The van der Waals surface area contributed by atoms with Crippen LogP contribution < -0.4 is 4.74 Å². The standard InChI is InChI=1S/C24H25NO3.C21H19NO4/c1-23(2,3)13-11-15-18(19-20(26)14-9-7-8-10-17(14)25-19)22(27)28-21(15)16(12-13)24(4,5)6;1-21(2,3)14-10-11(25-4)9-13-16(20(24)26-19(13)14)17-18(23)12-7-5-6-8-15(12)22-17/h7-12,27H,1-6H3;5-10,24H,1-4H3. The largest absolute Gasteiger partial charge is 0.497 e. The van der Waals surface area contributed by atoms with Crippen LogP contribution in [0.15, 0.2) is 91.6 Å². The number of ketones is 2. The highest BCUT2D eigenvalue weighted by molar-refractivity contribution is 6.57. The summed E-state index contributed by atoms with van der Waals surface area (Å²) in [5, 5.41) is 22.5. The number of aromatic hydroxyl groups is 2. The topological polar surface area (TPSA) is 135 Å². The summed E-state index contributed by atoms with van der Waals surface area (Å²) >= 11 is 0. The first-order chi connectivity index (χ1) is 25.3. The lowest BCUT2D eigenvalue weighted by atomic mass is 9.79. The number of hydrogen-bond donors (Lipinski definition) is 2. The number of benzene rings is 4. The molecule has 276 valence electrons. The Labute approximate surface area is 314 Å². The average molecular weight is 725 g/mol. The van der Waals surface area contributed by atoms with E-state index in [-0.39, 0.29) is 51.1 Å². The lowest BCUT2D eigenvalue weighted by Crippen LogP contribution is -2.17. The summed E-state index contributed by atoms with van der Waals surface area (Å²) in [6.45, 7) is 18.9. The molecule has 2 N–H and O–H groups in total. The Balaban J connectivity index is 0.000000167. The van der Waals surface area contributed by atoms with Crippen molar-refractivity contribution in [1.29, 1.82) is 0 Å². The van der Waals surface area contributed by atoms with Gasteiger partial charge in [-0.15, -0.1) is 0 Å². The molecule has 0 aliphatic carbocycles. The van der Waals surface area contributed by atoms with E-state index in [4.69, 9.17) is 13.6 Å². The van der Waals surface area contributed by atoms with Crippen LogP contribution in [0.3, 0.4) is 0 Å². The molecule has 4 heterocycles. The normalized spacial score (nSPS) is 14.2. The highest BCUT2D eigenvalue weighted by Crippen LogP contribution is 2.45. The van der Waals surface area contributed by atoms with Crippen LogP contribution in [0.25, 0.3) is 21.9 Å². The first kappa shape index (κ1) is 36.4. The second-order valence-corrected chi connectivity index (χ2v) is 16.9. The van der Waals surface area contributed by atoms with Gasteiger partial charge in [-0.3, -0.25) is 9.59 Å². The number of carbonyl (C=O) groups excluding carboxylic acids is 2. The molecule has 54 heavy (non-hydrogen) atoms. The van der Waals surface area contributed by atoms with Gasteiger partial charge in [0.15, 0.2) is 0 Å². The Morgan fingerprint density at radius 2 is 1.00 bits per heavy atom. The molecule has 2 aliphatic rings. The molecule has 0 saturated carbocycles. The summed E-state index contributed by atoms with van der Waals surface area (Å²) < 4.78 is 16.9. The molecule has 0 unspecified atom stereocenters. The SMILES string of the molecule is CC(C)(C)c1cc(C(C)(C)C)c2oc(O)c(C3=Nc4ccccc4C3=O)c2c1.COc1cc(C(C)(C)C)c2oc(O)c(C3=Nc4ccccc4C3=O)c2c1. The van der Waals surface area contributed by atoms with Crippen LogP contribution in [-0.4, -0.2) is 40.3 Å². The second kappa shape index (κ2) is 12.6. The molecule has 0 spiro atoms. The molecule has 8 rings (SSSR count). The van der Waals surface area contributed by atoms with Crippen LogP contribution in [0.2, 0.25) is 0 Å². The molecule has 9 nitrogen and oxygen atoms in total. The first-order valence-corrected chi connectivity index (χ1v) is 17.9. The molecule has 6 aromatic rings. The van der Waals surface area contributed by atoms with Crippen molar-refractivity contribution in [1.82, 2.24) is 0 Å². The number of hydrogen-bond acceptors (Lipinski definition) is 9. The maximum Gasteiger partial charge on any atom is 0.292 e. The van der Waals surface area contributed by atoms with Crippen LogP contribution in [-0.2, 0) is 16.2 Å². The molecule has 0 fully saturated rings. The van der Waals surface area contributed by atoms with E-state index in [0.717, 1.165) is 22.1 Å². The zero-order valence-corrected chi connectivity index (χ0v) is 32.3. The van der Waals surface area contributed by atoms with Gasteiger partial charge in [-0.2, -0.15) is 0 Å². The zero-order valence-electron chi connectivity index (χ0n) is 32.3. The summed E-state index contributed by atoms with van der Waals surface area (Å²) in [6.07, 6.45) is 0. The van der Waals surface area contributed by atoms with Gasteiger partial charge >= 0.3 is 0 Å². The average Bonchev–Trinajstić information content (AvgIpc) is 3.81. The lowest BCUT2D eigenvalue weighted by molar-refractivity contribution is 0.106. The monoisotopic (exact) mass is 724 g/mol. The summed E-state index contributed by atoms with van der Waals surface area (Å²) in [7, 11) is 1.58. The zero-order chi connectivity index (χ0) is 39.1. The molecule has 4 aromatic carbocycles. The Bertz CT molecular complexity index is 2600. The predicted molar refractivity (Wildman–Crippen MR) is 212 cm³/mol. The predicted octanol–water partition coefficient (Wildman–Crippen LogP) is 10.8. The van der Waals surface area contributed by atoms with Gasteiger partial charge in [0.25, 0.3) is 11.9 Å². The molecule has 0 amide bonds. The van der Waals surface area contributed by atoms with Crippen LogP contribution in [0.4, 0.5) is 11.4 Å². The van der Waals surface area contributed by atoms with Crippen molar-refractivity contribution in [3.05, 3.63) is 112 Å². The number of nitrogens with zero attached hydrogens (tertiary/aromatic N) is 2. The number of Topliss-reactive ketones (excluding diaryl/α,β-unsaturated/α-hetero) is 2. The van der Waals surface area contributed by atoms with E-state index in [1.165, 1.54) is 0 Å². The third kappa shape index (κ3) is 6.07. The Hall–Kier alpha value is -5.96. The maximum absolute atomic E-state index is 13.0. The van der Waals surface area contributed by atoms with Crippen LogP contribution in [0.5, 0.6) is 17.6 Å². The highest BCUT2D eigenvalue weighted by atomic mass is 16.5. The molecule has 0 saturated heterocycles. The second-order valence-electron chi connectivity index (χ2n) is 16.9. The lowest BCUT2D eigenvalue weighted by Gasteiger charge is -2.25. The van der Waals surface area contributed by atoms with Gasteiger partial charge in [-0.05, 0) is 64.3 Å². The van der Waals surface area contributed by atoms with Gasteiger partial charge < -0.3 is 23.8 Å². The molecular weight excluding hydrogens is 681 g/mol. The van der Waals surface area contributed by atoms with Crippen molar-refractivity contribution in [3.63, 3.8) is 0 Å². The summed E-state index contributed by atoms with van der Waals surface area (Å²) in [4.78, 5) is 34.7. The number of ether oxygens (including phenoxy) is 1. The summed E-state index contributed by atoms with van der Waals surface area (Å²) in [5.74, 6) is -0.344. The molecular formula is C45H44N2O7. The fourth-order valence-electron chi connectivity index (χ4n) is 6.93. The maximum atomic E-state index is 13.0. The number of carbonyl (C=O) groups is 2. The van der Waals surface area contributed by atoms with Gasteiger partial charge in [-0.1, -0.05) is 92.6 Å². The minimum absolute atomic E-state index is 0.0944. The van der Waals surface area contributed by atoms with E-state index < -0.39 is 0 Å². The van der Waals surface area contributed by atoms with Crippen molar-refractivity contribution in [3.8, 4) is 17.6 Å². The van der Waals surface area contributed by atoms with E-state index in [1.807, 2.05) is 30.3 Å². The minimum atomic E-state index is -0.307. The molecule has 0 atom stereocenters. The third-order valence-electron chi connectivity index (χ3n) is 9.90. The summed E-state index contributed by atoms with van der Waals surface area (Å²) in [6, 6.07) is 22.2. The summed E-state index contributed by atoms with van der Waals surface area (Å²) in [5.41, 5.74) is 7.05. The third-order valence-corrected chi connectivity index (χ3v) is 9.90. The molecule has 2 aromatic heterocycles. The number of methoxy groups -OCH3 is 1. The highest BCUT2D eigenvalue weighted by Gasteiger charge is 2.35. The van der Waals surface area contributed by atoms with Crippen LogP contribution in [0.1, 0.15) is 111 Å². The van der Waals surface area contributed by atoms with Crippen LogP contribution >= 0.6 is 0 Å². The van der Waals surface area contributed by atoms with E-state index in [1.54, 1.807) is 43.5 Å². The van der Waals surface area contributed by atoms with Crippen molar-refractivity contribution >= 4 is 56.3 Å². The van der Waals surface area contributed by atoms with Gasteiger partial charge in [0.2, 0.25) is 11.6 Å².